The van der Waals surface area contributed by atoms with Crippen molar-refractivity contribution in [3.8, 4) is 17.0 Å². The van der Waals surface area contributed by atoms with Gasteiger partial charge in [-0.15, -0.1) is 0 Å². The molecule has 1 aromatic carbocycles. The first-order valence-corrected chi connectivity index (χ1v) is 15.0. The second kappa shape index (κ2) is 12.4. The summed E-state index contributed by atoms with van der Waals surface area (Å²) in [7, 11) is 1.81. The van der Waals surface area contributed by atoms with Crippen molar-refractivity contribution >= 4 is 23.1 Å². The smallest absolute Gasteiger partial charge is 0.229 e. The summed E-state index contributed by atoms with van der Waals surface area (Å²) in [6, 6.07) is 7.41. The molecule has 232 valence electrons. The SMILES string of the molecule is CC(=O)N(C)[C@@H]1[C@H](N)C[C@H](c2ccncc2Nc2ncc3ccc(-c4c(F)cc(OC5CCOCC5)cc4F)nn23)C[C@@H]1C. The molecule has 44 heavy (non-hydrogen) atoms. The molecule has 3 aromatic heterocycles. The average molecular weight is 606 g/mol. The Labute approximate surface area is 254 Å². The number of likely N-dealkylation sites (N-methyl/N-ethyl adjacent to an activating group) is 1. The van der Waals surface area contributed by atoms with Crippen LogP contribution in [0.5, 0.6) is 5.75 Å². The van der Waals surface area contributed by atoms with Crippen molar-refractivity contribution in [2.75, 3.05) is 25.6 Å². The lowest BCUT2D eigenvalue weighted by molar-refractivity contribution is -0.131. The Kier molecular flexibility index (Phi) is 8.46. The van der Waals surface area contributed by atoms with Crippen LogP contribution in [0.25, 0.3) is 16.8 Å². The quantitative estimate of drug-likeness (QED) is 0.300. The van der Waals surface area contributed by atoms with Crippen molar-refractivity contribution < 1.29 is 23.0 Å². The molecule has 1 aliphatic heterocycles. The maximum absolute atomic E-state index is 15.3. The molecular formula is C32H37F2N7O3. The van der Waals surface area contributed by atoms with Gasteiger partial charge in [0.15, 0.2) is 0 Å². The monoisotopic (exact) mass is 605 g/mol. The number of amides is 1. The first-order chi connectivity index (χ1) is 21.2. The highest BCUT2D eigenvalue weighted by atomic mass is 19.1. The van der Waals surface area contributed by atoms with Gasteiger partial charge in [-0.05, 0) is 48.4 Å². The van der Waals surface area contributed by atoms with Gasteiger partial charge in [0, 0.05) is 57.2 Å². The van der Waals surface area contributed by atoms with Gasteiger partial charge >= 0.3 is 0 Å². The predicted octanol–water partition coefficient (Wildman–Crippen LogP) is 5.06. The molecule has 4 atom stereocenters. The summed E-state index contributed by atoms with van der Waals surface area (Å²) in [5.74, 6) is -0.700. The summed E-state index contributed by atoms with van der Waals surface area (Å²) < 4.78 is 43.3. The van der Waals surface area contributed by atoms with E-state index in [9.17, 15) is 4.79 Å². The summed E-state index contributed by atoms with van der Waals surface area (Å²) in [5.41, 5.74) is 8.89. The van der Waals surface area contributed by atoms with E-state index in [1.807, 2.05) is 6.07 Å². The second-order valence-electron chi connectivity index (χ2n) is 11.8. The summed E-state index contributed by atoms with van der Waals surface area (Å²) in [5, 5.41) is 7.90. The van der Waals surface area contributed by atoms with Gasteiger partial charge in [-0.2, -0.15) is 9.61 Å². The molecule has 6 rings (SSSR count). The van der Waals surface area contributed by atoms with Gasteiger partial charge in [0.05, 0.1) is 48.1 Å². The van der Waals surface area contributed by atoms with Crippen LogP contribution >= 0.6 is 0 Å². The molecular weight excluding hydrogens is 568 g/mol. The number of nitrogens with zero attached hydrogens (tertiary/aromatic N) is 5. The molecule has 0 unspecified atom stereocenters. The van der Waals surface area contributed by atoms with Crippen LogP contribution in [0.1, 0.15) is 51.0 Å². The van der Waals surface area contributed by atoms with E-state index < -0.39 is 11.6 Å². The molecule has 1 saturated carbocycles. The lowest BCUT2D eigenvalue weighted by Gasteiger charge is -2.43. The third-order valence-electron chi connectivity index (χ3n) is 8.85. The lowest BCUT2D eigenvalue weighted by atomic mass is 9.73. The Bertz CT molecular complexity index is 1620. The van der Waals surface area contributed by atoms with Gasteiger partial charge in [0.25, 0.3) is 0 Å². The number of nitrogens with two attached hydrogens (primary N) is 1. The Hall–Kier alpha value is -4.16. The number of hydrogen-bond donors (Lipinski definition) is 2. The Morgan fingerprint density at radius 2 is 1.89 bits per heavy atom. The minimum absolute atomic E-state index is 0.000839. The van der Waals surface area contributed by atoms with Crippen molar-refractivity contribution in [1.29, 1.82) is 0 Å². The van der Waals surface area contributed by atoms with E-state index in [0.29, 0.717) is 43.9 Å². The predicted molar refractivity (Wildman–Crippen MR) is 162 cm³/mol. The number of hydrogen-bond acceptors (Lipinski definition) is 8. The Morgan fingerprint density at radius 3 is 2.59 bits per heavy atom. The number of nitrogens with one attached hydrogen (secondary N) is 1. The van der Waals surface area contributed by atoms with Crippen molar-refractivity contribution in [3.63, 3.8) is 0 Å². The highest BCUT2D eigenvalue weighted by Crippen LogP contribution is 2.40. The molecule has 1 amide bonds. The number of imidazole rings is 1. The zero-order valence-electron chi connectivity index (χ0n) is 25.0. The number of benzene rings is 1. The molecule has 1 saturated heterocycles. The molecule has 0 spiro atoms. The van der Waals surface area contributed by atoms with E-state index in [-0.39, 0.29) is 52.9 Å². The van der Waals surface area contributed by atoms with Crippen LogP contribution in [0.2, 0.25) is 0 Å². The first kappa shape index (κ1) is 29.9. The summed E-state index contributed by atoms with van der Waals surface area (Å²) in [4.78, 5) is 22.6. The fourth-order valence-corrected chi connectivity index (χ4v) is 6.64. The number of fused-ring (bicyclic) bond motifs is 1. The van der Waals surface area contributed by atoms with Crippen molar-refractivity contribution in [1.82, 2.24) is 24.5 Å². The van der Waals surface area contributed by atoms with Gasteiger partial charge < -0.3 is 25.4 Å². The standard InChI is InChI=1S/C32H37F2N7O3/c1-18-12-20(13-27(35)31(18)40(3)19(2)42)24-6-9-36-17-29(24)38-32-37-16-21-4-5-28(39-41(21)32)30-25(33)14-23(15-26(30)34)44-22-7-10-43-11-8-22/h4-6,9,14-18,20,22,27,31H,7-8,10-13,35H2,1-3H3,(H,37,38)/t18-,20+,27+,31-/m0/s1. The zero-order chi connectivity index (χ0) is 31.0. The molecule has 2 fully saturated rings. The maximum Gasteiger partial charge on any atom is 0.229 e. The summed E-state index contributed by atoms with van der Waals surface area (Å²) in [6.07, 6.45) is 7.83. The highest BCUT2D eigenvalue weighted by Gasteiger charge is 2.38. The van der Waals surface area contributed by atoms with E-state index in [0.717, 1.165) is 17.7 Å². The number of ether oxygens (including phenoxy) is 2. The van der Waals surface area contributed by atoms with Crippen LogP contribution in [0, 0.1) is 17.6 Å². The fourth-order valence-electron chi connectivity index (χ4n) is 6.64. The topological polar surface area (TPSA) is 120 Å². The van der Waals surface area contributed by atoms with Crippen LogP contribution < -0.4 is 15.8 Å². The minimum atomic E-state index is -0.764. The number of aromatic nitrogens is 4. The van der Waals surface area contributed by atoms with Crippen LogP contribution in [0.4, 0.5) is 20.4 Å². The average Bonchev–Trinajstić information content (AvgIpc) is 3.39. The van der Waals surface area contributed by atoms with E-state index >= 15 is 8.78 Å². The highest BCUT2D eigenvalue weighted by molar-refractivity contribution is 5.73. The van der Waals surface area contributed by atoms with E-state index in [2.05, 4.69) is 27.3 Å². The van der Waals surface area contributed by atoms with Gasteiger partial charge in [0.2, 0.25) is 11.9 Å². The molecule has 4 aromatic rings. The Morgan fingerprint density at radius 1 is 1.14 bits per heavy atom. The third kappa shape index (κ3) is 5.96. The molecule has 3 N–H and O–H groups in total. The lowest BCUT2D eigenvalue weighted by Crippen LogP contribution is -2.54. The number of carbonyl (C=O) groups is 1. The van der Waals surface area contributed by atoms with E-state index in [1.165, 1.54) is 16.6 Å². The number of anilines is 2. The fraction of sp³-hybridized carbons (Fsp3) is 0.438. The van der Waals surface area contributed by atoms with Crippen LogP contribution in [0.15, 0.2) is 48.9 Å². The van der Waals surface area contributed by atoms with E-state index in [4.69, 9.17) is 15.2 Å². The molecule has 4 heterocycles. The minimum Gasteiger partial charge on any atom is -0.490 e. The molecule has 2 aliphatic rings. The first-order valence-electron chi connectivity index (χ1n) is 15.0. The molecule has 1 aliphatic carbocycles. The van der Waals surface area contributed by atoms with Gasteiger partial charge in [-0.1, -0.05) is 6.92 Å². The number of halogens is 2. The van der Waals surface area contributed by atoms with Gasteiger partial charge in [-0.3, -0.25) is 9.78 Å². The second-order valence-corrected chi connectivity index (χ2v) is 11.8. The van der Waals surface area contributed by atoms with Crippen LogP contribution in [-0.4, -0.2) is 68.8 Å². The third-order valence-corrected chi connectivity index (χ3v) is 8.85. The van der Waals surface area contributed by atoms with Crippen molar-refractivity contribution in [3.05, 3.63) is 66.1 Å². The maximum atomic E-state index is 15.3. The van der Waals surface area contributed by atoms with Crippen molar-refractivity contribution in [2.24, 2.45) is 11.7 Å². The van der Waals surface area contributed by atoms with Gasteiger partial charge in [-0.25, -0.2) is 13.8 Å². The van der Waals surface area contributed by atoms with Crippen LogP contribution in [0.3, 0.4) is 0 Å². The molecule has 0 radical (unpaired) electrons. The molecule has 0 bridgehead atoms. The molecule has 12 heteroatoms. The summed E-state index contributed by atoms with van der Waals surface area (Å²) in [6.45, 7) is 4.81. The number of rotatable bonds is 7. The Balaban J connectivity index is 1.26. The van der Waals surface area contributed by atoms with Crippen molar-refractivity contribution in [2.45, 2.75) is 63.6 Å². The number of pyridine rings is 1. The largest absolute Gasteiger partial charge is 0.490 e. The molecule has 10 nitrogen and oxygen atoms in total. The normalized spacial score (nSPS) is 22.6. The van der Waals surface area contributed by atoms with E-state index in [1.54, 1.807) is 49.6 Å². The zero-order valence-corrected chi connectivity index (χ0v) is 25.0. The van der Waals surface area contributed by atoms with Gasteiger partial charge in [0.1, 0.15) is 23.5 Å². The van der Waals surface area contributed by atoms with Crippen LogP contribution in [-0.2, 0) is 9.53 Å². The summed E-state index contributed by atoms with van der Waals surface area (Å²) >= 11 is 0. The number of carbonyl (C=O) groups excluding carboxylic acids is 1.